The van der Waals surface area contributed by atoms with Crippen LogP contribution in [0, 0.1) is 0 Å². The van der Waals surface area contributed by atoms with Crippen LogP contribution < -0.4 is 11.1 Å². The molecule has 0 aliphatic heterocycles. The predicted molar refractivity (Wildman–Crippen MR) is 52.9 cm³/mol. The number of hydrogen-bond donors (Lipinski definition) is 2. The topological polar surface area (TPSA) is 63.8 Å². The Balaban J connectivity index is 2.82. The highest BCUT2D eigenvalue weighted by Gasteiger charge is 2.01. The van der Waals surface area contributed by atoms with Crippen LogP contribution in [-0.4, -0.2) is 16.0 Å². The zero-order valence-corrected chi connectivity index (χ0v) is 8.59. The fourth-order valence-corrected chi connectivity index (χ4v) is 0.899. The molecule has 3 N–H and O–H groups in total. The van der Waals surface area contributed by atoms with E-state index in [1.54, 1.807) is 6.20 Å². The van der Waals surface area contributed by atoms with Crippen LogP contribution in [0.15, 0.2) is 10.7 Å². The Bertz CT molecular complexity index is 274. The Kier molecular flexibility index (Phi) is 2.86. The van der Waals surface area contributed by atoms with Gasteiger partial charge in [0.25, 0.3) is 0 Å². The monoisotopic (exact) mass is 230 g/mol. The molecule has 0 radical (unpaired) electrons. The highest BCUT2D eigenvalue weighted by molar-refractivity contribution is 9.10. The van der Waals surface area contributed by atoms with Crippen LogP contribution in [0.5, 0.6) is 0 Å². The Morgan fingerprint density at radius 3 is 2.75 bits per heavy atom. The van der Waals surface area contributed by atoms with Crippen molar-refractivity contribution in [1.82, 2.24) is 9.97 Å². The normalized spacial score (nSPS) is 10.3. The first-order chi connectivity index (χ1) is 5.59. The summed E-state index contributed by atoms with van der Waals surface area (Å²) in [7, 11) is 0. The summed E-state index contributed by atoms with van der Waals surface area (Å²) in [6.45, 7) is 4.03. The molecule has 0 saturated heterocycles. The zero-order valence-electron chi connectivity index (χ0n) is 7.00. The number of nitrogens with two attached hydrogens (primary N) is 1. The van der Waals surface area contributed by atoms with Crippen molar-refractivity contribution in [3.8, 4) is 0 Å². The van der Waals surface area contributed by atoms with E-state index < -0.39 is 0 Å². The van der Waals surface area contributed by atoms with Gasteiger partial charge in [-0.2, -0.15) is 4.98 Å². The summed E-state index contributed by atoms with van der Waals surface area (Å²) in [5.74, 6) is 1.01. The molecule has 0 spiro atoms. The van der Waals surface area contributed by atoms with Gasteiger partial charge in [0.1, 0.15) is 5.82 Å². The number of hydrogen-bond acceptors (Lipinski definition) is 4. The lowest BCUT2D eigenvalue weighted by Crippen LogP contribution is -2.13. The molecule has 0 aromatic carbocycles. The number of rotatable bonds is 2. The maximum Gasteiger partial charge on any atom is 0.224 e. The first-order valence-corrected chi connectivity index (χ1v) is 4.43. The molecule has 1 rings (SSSR count). The van der Waals surface area contributed by atoms with Gasteiger partial charge < -0.3 is 11.1 Å². The fraction of sp³-hybridized carbons (Fsp3) is 0.429. The smallest absolute Gasteiger partial charge is 0.224 e. The first-order valence-electron chi connectivity index (χ1n) is 3.64. The van der Waals surface area contributed by atoms with Crippen LogP contribution in [0.2, 0.25) is 0 Å². The average molecular weight is 231 g/mol. The second-order valence-corrected chi connectivity index (χ2v) is 3.58. The van der Waals surface area contributed by atoms with Gasteiger partial charge in [0, 0.05) is 12.2 Å². The van der Waals surface area contributed by atoms with Crippen molar-refractivity contribution in [2.24, 2.45) is 0 Å². The van der Waals surface area contributed by atoms with Crippen LogP contribution in [0.4, 0.5) is 11.8 Å². The van der Waals surface area contributed by atoms with Crippen LogP contribution in [0.1, 0.15) is 13.8 Å². The van der Waals surface area contributed by atoms with Gasteiger partial charge in [-0.1, -0.05) is 0 Å². The quantitative estimate of drug-likeness (QED) is 0.812. The van der Waals surface area contributed by atoms with E-state index in [-0.39, 0.29) is 0 Å². The van der Waals surface area contributed by atoms with E-state index in [2.05, 4.69) is 31.2 Å². The largest absolute Gasteiger partial charge is 0.383 e. The summed E-state index contributed by atoms with van der Waals surface area (Å²) in [4.78, 5) is 8.05. The van der Waals surface area contributed by atoms with Crippen LogP contribution in [-0.2, 0) is 0 Å². The molecule has 1 aromatic heterocycles. The van der Waals surface area contributed by atoms with Gasteiger partial charge in [-0.25, -0.2) is 4.98 Å². The Morgan fingerprint density at radius 1 is 1.58 bits per heavy atom. The molecule has 1 heterocycles. The van der Waals surface area contributed by atoms with Crippen molar-refractivity contribution >= 4 is 27.7 Å². The maximum atomic E-state index is 5.56. The van der Waals surface area contributed by atoms with Crippen LogP contribution >= 0.6 is 15.9 Å². The third-order valence-corrected chi connectivity index (χ3v) is 1.80. The van der Waals surface area contributed by atoms with Crippen molar-refractivity contribution in [2.45, 2.75) is 19.9 Å². The molecule has 0 saturated carbocycles. The number of nitrogens with zero attached hydrogens (tertiary/aromatic N) is 2. The summed E-state index contributed by atoms with van der Waals surface area (Å²) in [5.41, 5.74) is 5.56. The summed E-state index contributed by atoms with van der Waals surface area (Å²) < 4.78 is 0.719. The number of aromatic nitrogens is 2. The molecule has 4 nitrogen and oxygen atoms in total. The number of nitrogens with one attached hydrogen (secondary N) is 1. The van der Waals surface area contributed by atoms with Gasteiger partial charge in [0.05, 0.1) is 4.47 Å². The molecular weight excluding hydrogens is 220 g/mol. The van der Waals surface area contributed by atoms with E-state index >= 15 is 0 Å². The summed E-state index contributed by atoms with van der Waals surface area (Å²) in [6.07, 6.45) is 1.63. The summed E-state index contributed by atoms with van der Waals surface area (Å²) in [5, 5.41) is 3.05. The van der Waals surface area contributed by atoms with Crippen molar-refractivity contribution in [2.75, 3.05) is 11.1 Å². The van der Waals surface area contributed by atoms with Gasteiger partial charge in [0.2, 0.25) is 5.95 Å². The van der Waals surface area contributed by atoms with Crippen LogP contribution in [0.25, 0.3) is 0 Å². The lowest BCUT2D eigenvalue weighted by molar-refractivity contribution is 0.874. The lowest BCUT2D eigenvalue weighted by atomic mass is 10.4. The van der Waals surface area contributed by atoms with E-state index in [0.29, 0.717) is 17.8 Å². The number of halogens is 1. The Hall–Kier alpha value is -0.840. The van der Waals surface area contributed by atoms with E-state index in [1.165, 1.54) is 0 Å². The molecule has 5 heteroatoms. The van der Waals surface area contributed by atoms with Gasteiger partial charge in [-0.05, 0) is 29.8 Å². The second-order valence-electron chi connectivity index (χ2n) is 2.73. The fourth-order valence-electron chi connectivity index (χ4n) is 0.708. The second kappa shape index (κ2) is 3.71. The van der Waals surface area contributed by atoms with Crippen molar-refractivity contribution < 1.29 is 0 Å². The van der Waals surface area contributed by atoms with E-state index in [9.17, 15) is 0 Å². The molecule has 0 bridgehead atoms. The zero-order chi connectivity index (χ0) is 9.14. The number of anilines is 2. The molecule has 1 aromatic rings. The van der Waals surface area contributed by atoms with E-state index in [0.717, 1.165) is 4.47 Å². The Labute approximate surface area is 79.7 Å². The molecule has 12 heavy (non-hydrogen) atoms. The minimum Gasteiger partial charge on any atom is -0.383 e. The minimum absolute atomic E-state index is 0.311. The molecule has 0 fully saturated rings. The third-order valence-electron chi connectivity index (χ3n) is 1.19. The van der Waals surface area contributed by atoms with Crippen LogP contribution in [0.3, 0.4) is 0 Å². The Morgan fingerprint density at radius 2 is 2.25 bits per heavy atom. The molecule has 0 aliphatic rings. The van der Waals surface area contributed by atoms with E-state index in [4.69, 9.17) is 5.73 Å². The molecule has 0 aliphatic carbocycles. The minimum atomic E-state index is 0.311. The van der Waals surface area contributed by atoms with Crippen molar-refractivity contribution in [3.63, 3.8) is 0 Å². The average Bonchev–Trinajstić information content (AvgIpc) is 1.96. The summed E-state index contributed by atoms with van der Waals surface area (Å²) in [6, 6.07) is 0.311. The highest BCUT2D eigenvalue weighted by atomic mass is 79.9. The molecule has 0 unspecified atom stereocenters. The van der Waals surface area contributed by atoms with Gasteiger partial charge in [-0.3, -0.25) is 0 Å². The molecular formula is C7H11BrN4. The number of nitrogen functional groups attached to an aromatic ring is 1. The lowest BCUT2D eigenvalue weighted by Gasteiger charge is -2.07. The molecule has 0 amide bonds. The van der Waals surface area contributed by atoms with E-state index in [1.807, 2.05) is 13.8 Å². The highest BCUT2D eigenvalue weighted by Crippen LogP contribution is 2.16. The van der Waals surface area contributed by atoms with Gasteiger partial charge in [0.15, 0.2) is 0 Å². The third kappa shape index (κ3) is 2.34. The van der Waals surface area contributed by atoms with Crippen molar-refractivity contribution in [3.05, 3.63) is 10.7 Å². The van der Waals surface area contributed by atoms with Gasteiger partial charge in [-0.15, -0.1) is 0 Å². The standard InChI is InChI=1S/C7H11BrN4/c1-4(2)11-7-10-3-5(8)6(9)12-7/h3-4H,1-2H3,(H3,9,10,11,12). The first kappa shape index (κ1) is 9.25. The predicted octanol–water partition coefficient (Wildman–Crippen LogP) is 1.64. The SMILES string of the molecule is CC(C)Nc1ncc(Br)c(N)n1. The van der Waals surface area contributed by atoms with Crippen molar-refractivity contribution in [1.29, 1.82) is 0 Å². The maximum absolute atomic E-state index is 5.56. The molecule has 0 atom stereocenters. The van der Waals surface area contributed by atoms with Gasteiger partial charge >= 0.3 is 0 Å². The summed E-state index contributed by atoms with van der Waals surface area (Å²) >= 11 is 3.22. The molecule has 66 valence electrons.